The van der Waals surface area contributed by atoms with Gasteiger partial charge in [0.2, 0.25) is 5.89 Å². The van der Waals surface area contributed by atoms with Gasteiger partial charge in [0.05, 0.1) is 19.1 Å². The SMILES string of the molecule is COCC(O)Cc1nc(C2Cc3ccccc3C2)no1. The van der Waals surface area contributed by atoms with Crippen molar-refractivity contribution in [1.82, 2.24) is 10.1 Å². The van der Waals surface area contributed by atoms with Crippen molar-refractivity contribution in [2.24, 2.45) is 0 Å². The summed E-state index contributed by atoms with van der Waals surface area (Å²) < 4.78 is 10.1. The van der Waals surface area contributed by atoms with Crippen LogP contribution in [0.25, 0.3) is 0 Å². The molecule has 1 aromatic carbocycles. The number of hydrogen-bond donors (Lipinski definition) is 1. The molecule has 0 amide bonds. The van der Waals surface area contributed by atoms with E-state index >= 15 is 0 Å². The first-order valence-corrected chi connectivity index (χ1v) is 6.82. The topological polar surface area (TPSA) is 68.4 Å². The van der Waals surface area contributed by atoms with Gasteiger partial charge in [0.1, 0.15) is 0 Å². The number of aliphatic hydroxyl groups excluding tert-OH is 1. The fourth-order valence-corrected chi connectivity index (χ4v) is 2.71. The molecular weight excluding hydrogens is 256 g/mol. The van der Waals surface area contributed by atoms with Crippen LogP contribution in [0.1, 0.15) is 28.8 Å². The zero-order chi connectivity index (χ0) is 13.9. The molecule has 0 spiro atoms. The van der Waals surface area contributed by atoms with Crippen LogP contribution in [0.15, 0.2) is 28.8 Å². The molecular formula is C15H18N2O3. The molecule has 0 bridgehead atoms. The average molecular weight is 274 g/mol. The number of ether oxygens (including phenoxy) is 1. The largest absolute Gasteiger partial charge is 0.390 e. The summed E-state index contributed by atoms with van der Waals surface area (Å²) >= 11 is 0. The second-order valence-corrected chi connectivity index (χ2v) is 5.23. The number of aromatic nitrogens is 2. The molecule has 1 atom stereocenters. The normalized spacial score (nSPS) is 16.3. The summed E-state index contributed by atoms with van der Waals surface area (Å²) in [7, 11) is 1.55. The fraction of sp³-hybridized carbons (Fsp3) is 0.467. The van der Waals surface area contributed by atoms with Crippen molar-refractivity contribution in [2.75, 3.05) is 13.7 Å². The molecule has 20 heavy (non-hydrogen) atoms. The van der Waals surface area contributed by atoms with Gasteiger partial charge in [-0.15, -0.1) is 0 Å². The van der Waals surface area contributed by atoms with Crippen LogP contribution in [0, 0.1) is 0 Å². The molecule has 1 unspecified atom stereocenters. The van der Waals surface area contributed by atoms with Crippen LogP contribution in [-0.4, -0.2) is 35.1 Å². The van der Waals surface area contributed by atoms with Crippen LogP contribution in [0.2, 0.25) is 0 Å². The summed E-state index contributed by atoms with van der Waals surface area (Å²) in [5.41, 5.74) is 2.73. The number of aliphatic hydroxyl groups is 1. The highest BCUT2D eigenvalue weighted by Crippen LogP contribution is 2.32. The van der Waals surface area contributed by atoms with Gasteiger partial charge in [-0.25, -0.2) is 0 Å². The van der Waals surface area contributed by atoms with Crippen LogP contribution >= 0.6 is 0 Å². The predicted octanol–water partition coefficient (Wildman–Crippen LogP) is 1.50. The zero-order valence-electron chi connectivity index (χ0n) is 11.5. The van der Waals surface area contributed by atoms with Gasteiger partial charge in [-0.2, -0.15) is 4.98 Å². The molecule has 0 aliphatic heterocycles. The lowest BCUT2D eigenvalue weighted by molar-refractivity contribution is 0.0599. The van der Waals surface area contributed by atoms with Crippen LogP contribution in [0.4, 0.5) is 0 Å². The van der Waals surface area contributed by atoms with Crippen molar-refractivity contribution in [3.05, 3.63) is 47.1 Å². The lowest BCUT2D eigenvalue weighted by Gasteiger charge is -2.04. The van der Waals surface area contributed by atoms with Crippen molar-refractivity contribution < 1.29 is 14.4 Å². The molecule has 1 aliphatic carbocycles. The van der Waals surface area contributed by atoms with E-state index in [0.717, 1.165) is 18.7 Å². The molecule has 0 fully saturated rings. The Balaban J connectivity index is 1.67. The van der Waals surface area contributed by atoms with Gasteiger partial charge in [-0.1, -0.05) is 29.4 Å². The van der Waals surface area contributed by atoms with Crippen LogP contribution in [-0.2, 0) is 24.0 Å². The summed E-state index contributed by atoms with van der Waals surface area (Å²) in [6.45, 7) is 0.270. The second-order valence-electron chi connectivity index (χ2n) is 5.23. The highest BCUT2D eigenvalue weighted by Gasteiger charge is 2.26. The summed E-state index contributed by atoms with van der Waals surface area (Å²) in [5, 5.41) is 13.7. The lowest BCUT2D eigenvalue weighted by Crippen LogP contribution is -2.17. The van der Waals surface area contributed by atoms with Gasteiger partial charge < -0.3 is 14.4 Å². The van der Waals surface area contributed by atoms with Gasteiger partial charge in [0.15, 0.2) is 5.82 Å². The maximum atomic E-state index is 9.67. The Morgan fingerprint density at radius 1 is 1.35 bits per heavy atom. The third-order valence-corrected chi connectivity index (χ3v) is 3.67. The van der Waals surface area contributed by atoms with Crippen molar-refractivity contribution in [3.8, 4) is 0 Å². The van der Waals surface area contributed by atoms with E-state index in [2.05, 4.69) is 34.4 Å². The molecule has 1 aliphatic rings. The monoisotopic (exact) mass is 274 g/mol. The molecule has 0 radical (unpaired) electrons. The Bertz CT molecular complexity index is 557. The second kappa shape index (κ2) is 5.73. The first-order valence-electron chi connectivity index (χ1n) is 6.82. The zero-order valence-corrected chi connectivity index (χ0v) is 11.5. The quantitative estimate of drug-likeness (QED) is 0.895. The highest BCUT2D eigenvalue weighted by atomic mass is 16.5. The number of hydrogen-bond acceptors (Lipinski definition) is 5. The Hall–Kier alpha value is -1.72. The molecule has 2 aromatic rings. The van der Waals surface area contributed by atoms with Crippen molar-refractivity contribution in [2.45, 2.75) is 31.3 Å². The lowest BCUT2D eigenvalue weighted by atomic mass is 10.1. The number of benzene rings is 1. The summed E-state index contributed by atoms with van der Waals surface area (Å²) in [6.07, 6.45) is 1.64. The maximum Gasteiger partial charge on any atom is 0.229 e. The van der Waals surface area contributed by atoms with E-state index < -0.39 is 6.10 Å². The third-order valence-electron chi connectivity index (χ3n) is 3.67. The van der Waals surface area contributed by atoms with Gasteiger partial charge in [-0.05, 0) is 24.0 Å². The van der Waals surface area contributed by atoms with E-state index in [1.807, 2.05) is 0 Å². The summed E-state index contributed by atoms with van der Waals surface area (Å²) in [4.78, 5) is 4.40. The summed E-state index contributed by atoms with van der Waals surface area (Å²) in [6, 6.07) is 8.42. The Kier molecular flexibility index (Phi) is 3.80. The number of fused-ring (bicyclic) bond motifs is 1. The van der Waals surface area contributed by atoms with Crippen molar-refractivity contribution in [1.29, 1.82) is 0 Å². The number of methoxy groups -OCH3 is 1. The standard InChI is InChI=1S/C15H18N2O3/c1-19-9-13(18)8-14-16-15(17-20-14)12-6-10-4-2-3-5-11(10)7-12/h2-5,12-13,18H,6-9H2,1H3. The molecule has 0 saturated heterocycles. The van der Waals surface area contributed by atoms with Crippen molar-refractivity contribution in [3.63, 3.8) is 0 Å². The van der Waals surface area contributed by atoms with E-state index in [1.54, 1.807) is 7.11 Å². The Morgan fingerprint density at radius 2 is 2.05 bits per heavy atom. The van der Waals surface area contributed by atoms with Crippen molar-refractivity contribution >= 4 is 0 Å². The molecule has 1 heterocycles. The molecule has 1 aromatic heterocycles. The van der Waals surface area contributed by atoms with Gasteiger partial charge in [-0.3, -0.25) is 0 Å². The number of nitrogens with zero attached hydrogens (tertiary/aromatic N) is 2. The third kappa shape index (κ3) is 2.73. The van der Waals surface area contributed by atoms with E-state index in [4.69, 9.17) is 9.26 Å². The maximum absolute atomic E-state index is 9.67. The first-order chi connectivity index (χ1) is 9.76. The average Bonchev–Trinajstić information content (AvgIpc) is 3.04. The van der Waals surface area contributed by atoms with Gasteiger partial charge in [0.25, 0.3) is 0 Å². The minimum absolute atomic E-state index is 0.270. The van der Waals surface area contributed by atoms with Crippen LogP contribution in [0.5, 0.6) is 0 Å². The van der Waals surface area contributed by atoms with Crippen LogP contribution in [0.3, 0.4) is 0 Å². The van der Waals surface area contributed by atoms with E-state index in [9.17, 15) is 5.11 Å². The molecule has 3 rings (SSSR count). The van der Waals surface area contributed by atoms with E-state index in [-0.39, 0.29) is 12.5 Å². The molecule has 5 heteroatoms. The van der Waals surface area contributed by atoms with E-state index in [1.165, 1.54) is 11.1 Å². The molecule has 1 N–H and O–H groups in total. The molecule has 0 saturated carbocycles. The predicted molar refractivity (Wildman–Crippen MR) is 72.5 cm³/mol. The fourth-order valence-electron chi connectivity index (χ4n) is 2.71. The first kappa shape index (κ1) is 13.3. The van der Waals surface area contributed by atoms with Gasteiger partial charge >= 0.3 is 0 Å². The smallest absolute Gasteiger partial charge is 0.229 e. The Morgan fingerprint density at radius 3 is 2.70 bits per heavy atom. The van der Waals surface area contributed by atoms with Gasteiger partial charge in [0, 0.05) is 13.0 Å². The number of rotatable bonds is 5. The molecule has 5 nitrogen and oxygen atoms in total. The van der Waals surface area contributed by atoms with Crippen LogP contribution < -0.4 is 0 Å². The minimum atomic E-state index is -0.603. The highest BCUT2D eigenvalue weighted by molar-refractivity contribution is 5.34. The Labute approximate surface area is 117 Å². The minimum Gasteiger partial charge on any atom is -0.390 e. The molecule has 106 valence electrons. The summed E-state index contributed by atoms with van der Waals surface area (Å²) in [5.74, 6) is 1.49. The van der Waals surface area contributed by atoms with E-state index in [0.29, 0.717) is 12.3 Å².